The van der Waals surface area contributed by atoms with Crippen molar-refractivity contribution in [3.05, 3.63) is 0 Å². The van der Waals surface area contributed by atoms with Crippen molar-refractivity contribution in [1.82, 2.24) is 4.90 Å². The molecule has 3 unspecified atom stereocenters. The molecule has 2 nitrogen and oxygen atoms in total. The van der Waals surface area contributed by atoms with Gasteiger partial charge in [0.15, 0.2) is 0 Å². The van der Waals surface area contributed by atoms with Gasteiger partial charge in [0.25, 0.3) is 0 Å². The number of rotatable bonds is 5. The highest BCUT2D eigenvalue weighted by atomic mass is 16.2. The second-order valence-electron chi connectivity index (χ2n) is 5.34. The summed E-state index contributed by atoms with van der Waals surface area (Å²) < 4.78 is 0. The van der Waals surface area contributed by atoms with Crippen LogP contribution in [0.1, 0.15) is 46.5 Å². The number of likely N-dealkylation sites (tertiary alicyclic amines) is 1. The predicted octanol–water partition coefficient (Wildman–Crippen LogP) is 2.52. The van der Waals surface area contributed by atoms with Gasteiger partial charge in [0.2, 0.25) is 0 Å². The summed E-state index contributed by atoms with van der Waals surface area (Å²) in [6, 6.07) is 0.746. The molecule has 0 aromatic heterocycles. The second-order valence-corrected chi connectivity index (χ2v) is 5.34. The highest BCUT2D eigenvalue weighted by Gasteiger charge is 2.27. The van der Waals surface area contributed by atoms with Gasteiger partial charge in [-0.2, -0.15) is 0 Å². The normalized spacial score (nSPS) is 33.2. The molecule has 1 aliphatic rings. The lowest BCUT2D eigenvalue weighted by molar-refractivity contribution is 0.0777. The van der Waals surface area contributed by atoms with E-state index in [1.54, 1.807) is 0 Å². The fourth-order valence-electron chi connectivity index (χ4n) is 2.73. The molecule has 0 radical (unpaired) electrons. The van der Waals surface area contributed by atoms with Crippen LogP contribution < -0.4 is 0 Å². The second kappa shape index (κ2) is 6.49. The predicted molar refractivity (Wildman–Crippen MR) is 64.9 cm³/mol. The Balaban J connectivity index is 2.26. The molecule has 0 bridgehead atoms. The number of unbranched alkanes of at least 4 members (excludes halogenated alkanes) is 2. The Morgan fingerprint density at radius 3 is 2.53 bits per heavy atom. The molecule has 15 heavy (non-hydrogen) atoms. The van der Waals surface area contributed by atoms with Gasteiger partial charge in [0.1, 0.15) is 0 Å². The van der Waals surface area contributed by atoms with Crippen molar-refractivity contribution in [1.29, 1.82) is 0 Å². The lowest BCUT2D eigenvalue weighted by Gasteiger charge is -2.41. The van der Waals surface area contributed by atoms with Gasteiger partial charge in [-0.25, -0.2) is 0 Å². The standard InChI is InChI=1S/C13H27NO/c1-11-9-12(2)13(3)14(10-11)7-5-4-6-8-15/h11-13,15H,4-10H2,1-3H3. The summed E-state index contributed by atoms with van der Waals surface area (Å²) in [4.78, 5) is 2.64. The van der Waals surface area contributed by atoms with Crippen LogP contribution in [0.4, 0.5) is 0 Å². The summed E-state index contributed by atoms with van der Waals surface area (Å²) in [5, 5.41) is 8.73. The Morgan fingerprint density at radius 2 is 1.87 bits per heavy atom. The van der Waals surface area contributed by atoms with Gasteiger partial charge in [-0.1, -0.05) is 13.8 Å². The van der Waals surface area contributed by atoms with Crippen LogP contribution in [0.2, 0.25) is 0 Å². The molecule has 1 saturated heterocycles. The topological polar surface area (TPSA) is 23.5 Å². The quantitative estimate of drug-likeness (QED) is 0.709. The Labute approximate surface area is 94.7 Å². The molecule has 1 aliphatic heterocycles. The summed E-state index contributed by atoms with van der Waals surface area (Å²) in [5.74, 6) is 1.70. The molecule has 3 atom stereocenters. The molecular formula is C13H27NO. The Morgan fingerprint density at radius 1 is 1.13 bits per heavy atom. The average molecular weight is 213 g/mol. The van der Waals surface area contributed by atoms with Gasteiger partial charge in [-0.15, -0.1) is 0 Å². The van der Waals surface area contributed by atoms with E-state index >= 15 is 0 Å². The van der Waals surface area contributed by atoms with Crippen molar-refractivity contribution >= 4 is 0 Å². The van der Waals surface area contributed by atoms with Gasteiger partial charge in [0.05, 0.1) is 0 Å². The van der Waals surface area contributed by atoms with Gasteiger partial charge in [-0.05, 0) is 51.0 Å². The molecular weight excluding hydrogens is 186 g/mol. The average Bonchev–Trinajstić information content (AvgIpc) is 2.19. The minimum absolute atomic E-state index is 0.350. The highest BCUT2D eigenvalue weighted by molar-refractivity contribution is 4.81. The first kappa shape index (κ1) is 13.0. The highest BCUT2D eigenvalue weighted by Crippen LogP contribution is 2.26. The molecule has 1 rings (SSSR count). The molecule has 1 heterocycles. The molecule has 1 N–H and O–H groups in total. The number of aliphatic hydroxyl groups is 1. The van der Waals surface area contributed by atoms with Crippen molar-refractivity contribution in [3.8, 4) is 0 Å². The minimum Gasteiger partial charge on any atom is -0.396 e. The van der Waals surface area contributed by atoms with E-state index < -0.39 is 0 Å². The minimum atomic E-state index is 0.350. The van der Waals surface area contributed by atoms with Crippen LogP contribution in [0.5, 0.6) is 0 Å². The molecule has 0 saturated carbocycles. The lowest BCUT2D eigenvalue weighted by atomic mass is 9.86. The maximum Gasteiger partial charge on any atom is 0.0431 e. The van der Waals surface area contributed by atoms with Gasteiger partial charge in [0, 0.05) is 19.2 Å². The van der Waals surface area contributed by atoms with Crippen LogP contribution in [0.25, 0.3) is 0 Å². The van der Waals surface area contributed by atoms with Crippen molar-refractivity contribution in [3.63, 3.8) is 0 Å². The molecule has 0 amide bonds. The van der Waals surface area contributed by atoms with Crippen LogP contribution in [-0.4, -0.2) is 35.7 Å². The first-order valence-corrected chi connectivity index (χ1v) is 6.50. The van der Waals surface area contributed by atoms with E-state index in [0.29, 0.717) is 6.61 Å². The first-order chi connectivity index (χ1) is 7.15. The summed E-state index contributed by atoms with van der Waals surface area (Å²) in [6.07, 6.45) is 4.76. The van der Waals surface area contributed by atoms with Crippen molar-refractivity contribution in [2.45, 2.75) is 52.5 Å². The van der Waals surface area contributed by atoms with E-state index in [4.69, 9.17) is 5.11 Å². The summed E-state index contributed by atoms with van der Waals surface area (Å²) in [7, 11) is 0. The Bertz CT molecular complexity index is 172. The summed E-state index contributed by atoms with van der Waals surface area (Å²) >= 11 is 0. The van der Waals surface area contributed by atoms with Crippen LogP contribution >= 0.6 is 0 Å². The number of piperidine rings is 1. The third-order valence-electron chi connectivity index (χ3n) is 3.82. The smallest absolute Gasteiger partial charge is 0.0431 e. The third kappa shape index (κ3) is 4.12. The van der Waals surface area contributed by atoms with E-state index in [2.05, 4.69) is 25.7 Å². The first-order valence-electron chi connectivity index (χ1n) is 6.50. The molecule has 2 heteroatoms. The zero-order chi connectivity index (χ0) is 11.3. The van der Waals surface area contributed by atoms with E-state index in [1.165, 1.54) is 32.4 Å². The van der Waals surface area contributed by atoms with Crippen LogP contribution in [0.3, 0.4) is 0 Å². The third-order valence-corrected chi connectivity index (χ3v) is 3.82. The molecule has 0 aromatic rings. The van der Waals surface area contributed by atoms with Crippen LogP contribution in [-0.2, 0) is 0 Å². The number of hydrogen-bond acceptors (Lipinski definition) is 2. The van der Waals surface area contributed by atoms with Crippen molar-refractivity contribution in [2.75, 3.05) is 19.7 Å². The molecule has 0 aromatic carbocycles. The zero-order valence-corrected chi connectivity index (χ0v) is 10.6. The lowest BCUT2D eigenvalue weighted by Crippen LogP contribution is -2.46. The van der Waals surface area contributed by atoms with Gasteiger partial charge < -0.3 is 10.0 Å². The van der Waals surface area contributed by atoms with Gasteiger partial charge in [-0.3, -0.25) is 0 Å². The molecule has 90 valence electrons. The van der Waals surface area contributed by atoms with Crippen LogP contribution in [0.15, 0.2) is 0 Å². The molecule has 0 spiro atoms. The number of aliphatic hydroxyl groups excluding tert-OH is 1. The zero-order valence-electron chi connectivity index (χ0n) is 10.6. The number of hydrogen-bond donors (Lipinski definition) is 1. The molecule has 0 aliphatic carbocycles. The maximum absolute atomic E-state index is 8.73. The fraction of sp³-hybridized carbons (Fsp3) is 1.00. The Kier molecular flexibility index (Phi) is 5.62. The van der Waals surface area contributed by atoms with Crippen molar-refractivity contribution in [2.24, 2.45) is 11.8 Å². The van der Waals surface area contributed by atoms with Gasteiger partial charge >= 0.3 is 0 Å². The molecule has 1 fully saturated rings. The van der Waals surface area contributed by atoms with E-state index in [1.807, 2.05) is 0 Å². The fourth-order valence-corrected chi connectivity index (χ4v) is 2.73. The van der Waals surface area contributed by atoms with Crippen LogP contribution in [0, 0.1) is 11.8 Å². The number of nitrogens with zero attached hydrogens (tertiary/aromatic N) is 1. The Hall–Kier alpha value is -0.0800. The summed E-state index contributed by atoms with van der Waals surface area (Å²) in [6.45, 7) is 9.94. The van der Waals surface area contributed by atoms with E-state index in [9.17, 15) is 0 Å². The summed E-state index contributed by atoms with van der Waals surface area (Å²) in [5.41, 5.74) is 0. The van der Waals surface area contributed by atoms with E-state index in [0.717, 1.165) is 24.3 Å². The SMILES string of the molecule is CC1CC(C)C(C)N(CCCCCO)C1. The monoisotopic (exact) mass is 213 g/mol. The van der Waals surface area contributed by atoms with E-state index in [-0.39, 0.29) is 0 Å². The largest absolute Gasteiger partial charge is 0.396 e. The maximum atomic E-state index is 8.73. The van der Waals surface area contributed by atoms with Crippen molar-refractivity contribution < 1.29 is 5.11 Å².